The first-order valence-electron chi connectivity index (χ1n) is 4.95. The third kappa shape index (κ3) is 1.88. The molecule has 2 rings (SSSR count). The zero-order valence-electron chi connectivity index (χ0n) is 8.87. The molecule has 92 valence electrons. The van der Waals surface area contributed by atoms with E-state index in [9.17, 15) is 17.6 Å². The molecule has 0 bridgehead atoms. The molecule has 6 heteroatoms. The lowest BCUT2D eigenvalue weighted by Gasteiger charge is -2.11. The van der Waals surface area contributed by atoms with Crippen molar-refractivity contribution in [2.24, 2.45) is 0 Å². The SMILES string of the molecule is N#Cc1c(C(F)F)nc2ccccc2c1C(F)F. The third-order valence-electron chi connectivity index (χ3n) is 2.50. The first kappa shape index (κ1) is 12.3. The number of hydrogen-bond acceptors (Lipinski definition) is 2. The first-order valence-corrected chi connectivity index (χ1v) is 4.95. The van der Waals surface area contributed by atoms with Gasteiger partial charge >= 0.3 is 0 Å². The van der Waals surface area contributed by atoms with E-state index in [1.54, 1.807) is 0 Å². The smallest absolute Gasteiger partial charge is 0.245 e. The van der Waals surface area contributed by atoms with Crippen LogP contribution in [0.5, 0.6) is 0 Å². The van der Waals surface area contributed by atoms with Crippen LogP contribution in [-0.4, -0.2) is 4.98 Å². The predicted octanol–water partition coefficient (Wildman–Crippen LogP) is 3.98. The molecule has 0 saturated heterocycles. The summed E-state index contributed by atoms with van der Waals surface area (Å²) in [4.78, 5) is 3.58. The quantitative estimate of drug-likeness (QED) is 0.760. The number of benzene rings is 1. The molecule has 0 aliphatic carbocycles. The predicted molar refractivity (Wildman–Crippen MR) is 56.4 cm³/mol. The number of alkyl halides is 4. The molecule has 1 aromatic heterocycles. The molecule has 1 aromatic carbocycles. The highest BCUT2D eigenvalue weighted by Crippen LogP contribution is 2.34. The number of pyridine rings is 1. The standard InChI is InChI=1S/C12H6F4N2/c13-11(14)9-6-3-1-2-4-8(6)18-10(12(15)16)7(9)5-17/h1-4,11-12H. The van der Waals surface area contributed by atoms with E-state index in [1.807, 2.05) is 0 Å². The van der Waals surface area contributed by atoms with E-state index in [0.29, 0.717) is 0 Å². The van der Waals surface area contributed by atoms with Gasteiger partial charge in [-0.25, -0.2) is 22.5 Å². The number of nitriles is 1. The molecular formula is C12H6F4N2. The molecule has 2 nitrogen and oxygen atoms in total. The maximum absolute atomic E-state index is 13.0. The summed E-state index contributed by atoms with van der Waals surface area (Å²) in [5.74, 6) is 0. The summed E-state index contributed by atoms with van der Waals surface area (Å²) in [6.45, 7) is 0. The molecule has 0 radical (unpaired) electrons. The Morgan fingerprint density at radius 2 is 1.72 bits per heavy atom. The molecule has 0 fully saturated rings. The van der Waals surface area contributed by atoms with Crippen molar-refractivity contribution in [3.05, 3.63) is 41.1 Å². The Bertz CT molecular complexity index is 632. The van der Waals surface area contributed by atoms with Gasteiger partial charge in [0.2, 0.25) is 0 Å². The van der Waals surface area contributed by atoms with E-state index < -0.39 is 29.7 Å². The maximum atomic E-state index is 13.0. The number of aromatic nitrogens is 1. The minimum Gasteiger partial charge on any atom is -0.245 e. The highest BCUT2D eigenvalue weighted by Gasteiger charge is 2.25. The third-order valence-corrected chi connectivity index (χ3v) is 2.50. The van der Waals surface area contributed by atoms with Gasteiger partial charge in [-0.15, -0.1) is 0 Å². The van der Waals surface area contributed by atoms with Crippen molar-refractivity contribution in [3.8, 4) is 6.07 Å². The second kappa shape index (κ2) is 4.61. The zero-order chi connectivity index (χ0) is 13.3. The topological polar surface area (TPSA) is 36.7 Å². The maximum Gasteiger partial charge on any atom is 0.281 e. The van der Waals surface area contributed by atoms with E-state index in [1.165, 1.54) is 30.3 Å². The van der Waals surface area contributed by atoms with Crippen molar-refractivity contribution in [1.29, 1.82) is 5.26 Å². The second-order valence-electron chi connectivity index (χ2n) is 3.52. The molecule has 0 aliphatic heterocycles. The lowest BCUT2D eigenvalue weighted by atomic mass is 10.0. The largest absolute Gasteiger partial charge is 0.281 e. The Balaban J connectivity index is 2.93. The number of fused-ring (bicyclic) bond motifs is 1. The molecule has 0 atom stereocenters. The van der Waals surface area contributed by atoms with E-state index in [2.05, 4.69) is 4.98 Å². The van der Waals surface area contributed by atoms with Gasteiger partial charge in [0, 0.05) is 10.9 Å². The number of rotatable bonds is 2. The average molecular weight is 254 g/mol. The van der Waals surface area contributed by atoms with Crippen LogP contribution in [0.15, 0.2) is 24.3 Å². The summed E-state index contributed by atoms with van der Waals surface area (Å²) in [6, 6.07) is 7.08. The van der Waals surface area contributed by atoms with Crippen LogP contribution < -0.4 is 0 Å². The molecule has 0 amide bonds. The van der Waals surface area contributed by atoms with E-state index >= 15 is 0 Å². The Hall–Kier alpha value is -2.16. The van der Waals surface area contributed by atoms with Crippen LogP contribution >= 0.6 is 0 Å². The lowest BCUT2D eigenvalue weighted by Crippen LogP contribution is -2.03. The number of nitrogens with zero attached hydrogens (tertiary/aromatic N) is 2. The van der Waals surface area contributed by atoms with Gasteiger partial charge in [-0.05, 0) is 6.07 Å². The molecule has 0 N–H and O–H groups in total. The molecule has 0 saturated carbocycles. The number of halogens is 4. The minimum atomic E-state index is -3.07. The van der Waals surface area contributed by atoms with E-state index in [4.69, 9.17) is 5.26 Å². The van der Waals surface area contributed by atoms with Gasteiger partial charge in [0.15, 0.2) is 0 Å². The molecule has 1 heterocycles. The Morgan fingerprint density at radius 1 is 1.06 bits per heavy atom. The monoisotopic (exact) mass is 254 g/mol. The summed E-state index contributed by atoms with van der Waals surface area (Å²) < 4.78 is 51.4. The summed E-state index contributed by atoms with van der Waals surface area (Å²) in [7, 11) is 0. The van der Waals surface area contributed by atoms with Gasteiger partial charge in [-0.3, -0.25) is 0 Å². The molecule has 0 aliphatic rings. The van der Waals surface area contributed by atoms with Crippen molar-refractivity contribution in [3.63, 3.8) is 0 Å². The lowest BCUT2D eigenvalue weighted by molar-refractivity contribution is 0.141. The van der Waals surface area contributed by atoms with Crippen molar-refractivity contribution < 1.29 is 17.6 Å². The van der Waals surface area contributed by atoms with Crippen molar-refractivity contribution in [2.45, 2.75) is 12.9 Å². The van der Waals surface area contributed by atoms with Gasteiger partial charge in [0.05, 0.1) is 11.1 Å². The van der Waals surface area contributed by atoms with E-state index in [-0.39, 0.29) is 10.9 Å². The number of para-hydroxylation sites is 1. The van der Waals surface area contributed by atoms with E-state index in [0.717, 1.165) is 0 Å². The Labute approximate surface area is 99.5 Å². The van der Waals surface area contributed by atoms with Crippen molar-refractivity contribution in [1.82, 2.24) is 4.98 Å². The van der Waals surface area contributed by atoms with Crippen molar-refractivity contribution in [2.75, 3.05) is 0 Å². The Morgan fingerprint density at radius 3 is 2.28 bits per heavy atom. The average Bonchev–Trinajstić information content (AvgIpc) is 2.35. The van der Waals surface area contributed by atoms with Gasteiger partial charge in [0.1, 0.15) is 11.8 Å². The Kier molecular flexibility index (Phi) is 3.15. The van der Waals surface area contributed by atoms with Crippen LogP contribution in [0.1, 0.15) is 29.7 Å². The van der Waals surface area contributed by atoms with Crippen LogP contribution in [0.2, 0.25) is 0 Å². The van der Waals surface area contributed by atoms with Crippen LogP contribution in [0, 0.1) is 11.3 Å². The van der Waals surface area contributed by atoms with Crippen LogP contribution in [0.3, 0.4) is 0 Å². The van der Waals surface area contributed by atoms with Gasteiger partial charge in [-0.2, -0.15) is 5.26 Å². The van der Waals surface area contributed by atoms with Gasteiger partial charge in [-0.1, -0.05) is 18.2 Å². The zero-order valence-corrected chi connectivity index (χ0v) is 8.87. The molecule has 18 heavy (non-hydrogen) atoms. The fourth-order valence-corrected chi connectivity index (χ4v) is 1.76. The number of hydrogen-bond donors (Lipinski definition) is 0. The fraction of sp³-hybridized carbons (Fsp3) is 0.167. The first-order chi connectivity index (χ1) is 8.56. The van der Waals surface area contributed by atoms with Crippen molar-refractivity contribution >= 4 is 10.9 Å². The van der Waals surface area contributed by atoms with Crippen LogP contribution in [0.25, 0.3) is 10.9 Å². The highest BCUT2D eigenvalue weighted by atomic mass is 19.3. The van der Waals surface area contributed by atoms with Gasteiger partial charge < -0.3 is 0 Å². The second-order valence-corrected chi connectivity index (χ2v) is 3.52. The molecule has 2 aromatic rings. The minimum absolute atomic E-state index is 0.0217. The summed E-state index contributed by atoms with van der Waals surface area (Å²) in [5, 5.41) is 8.82. The van der Waals surface area contributed by atoms with Crippen LogP contribution in [0.4, 0.5) is 17.6 Å². The summed E-state index contributed by atoms with van der Waals surface area (Å²) in [6.07, 6.45) is -6.08. The highest BCUT2D eigenvalue weighted by molar-refractivity contribution is 5.85. The van der Waals surface area contributed by atoms with Gasteiger partial charge in [0.25, 0.3) is 12.9 Å². The van der Waals surface area contributed by atoms with Crippen LogP contribution in [-0.2, 0) is 0 Å². The molecular weight excluding hydrogens is 248 g/mol. The molecule has 0 unspecified atom stereocenters. The molecule has 0 spiro atoms. The summed E-state index contributed by atoms with van der Waals surface area (Å²) >= 11 is 0. The fourth-order valence-electron chi connectivity index (χ4n) is 1.76. The summed E-state index contributed by atoms with van der Waals surface area (Å²) in [5.41, 5.74) is -2.29. The normalized spacial score (nSPS) is 11.2.